The lowest BCUT2D eigenvalue weighted by Gasteiger charge is -2.20. The minimum atomic E-state index is -1.26. The van der Waals surface area contributed by atoms with E-state index in [4.69, 9.17) is 33.4 Å². The van der Waals surface area contributed by atoms with E-state index in [9.17, 15) is 9.59 Å². The van der Waals surface area contributed by atoms with Crippen LogP contribution in [-0.4, -0.2) is 41.1 Å². The first-order valence-electron chi connectivity index (χ1n) is 8.54. The summed E-state index contributed by atoms with van der Waals surface area (Å²) in [5, 5.41) is 16.9. The second-order valence-corrected chi connectivity index (χ2v) is 7.39. The third kappa shape index (κ3) is 5.58. The fourth-order valence-electron chi connectivity index (χ4n) is 3.29. The summed E-state index contributed by atoms with van der Waals surface area (Å²) >= 11 is 12.2. The van der Waals surface area contributed by atoms with E-state index in [0.717, 1.165) is 6.42 Å². The van der Waals surface area contributed by atoms with E-state index in [1.54, 1.807) is 0 Å². The van der Waals surface area contributed by atoms with Gasteiger partial charge in [0.05, 0.1) is 10.0 Å². The lowest BCUT2D eigenvalue weighted by atomic mass is 9.93. The highest BCUT2D eigenvalue weighted by molar-refractivity contribution is 6.42. The van der Waals surface area contributed by atoms with Crippen molar-refractivity contribution in [1.29, 1.82) is 0 Å². The Labute approximate surface area is 173 Å². The van der Waals surface area contributed by atoms with Crippen LogP contribution in [-0.2, 0) is 9.59 Å². The van der Waals surface area contributed by atoms with Crippen LogP contribution >= 0.6 is 23.2 Å². The van der Waals surface area contributed by atoms with E-state index in [2.05, 4.69) is 49.3 Å². The molecule has 148 valence electrons. The maximum Gasteiger partial charge on any atom is 0.328 e. The zero-order valence-electron chi connectivity index (χ0n) is 15.5. The molecule has 1 aliphatic rings. The van der Waals surface area contributed by atoms with Crippen LogP contribution < -0.4 is 0 Å². The molecule has 2 aromatic carbocycles. The zero-order valence-corrected chi connectivity index (χ0v) is 17.0. The van der Waals surface area contributed by atoms with Gasteiger partial charge in [-0.15, -0.1) is 0 Å². The maximum absolute atomic E-state index is 9.55. The van der Waals surface area contributed by atoms with E-state index >= 15 is 0 Å². The zero-order chi connectivity index (χ0) is 20.8. The Bertz CT molecular complexity index is 880. The van der Waals surface area contributed by atoms with Crippen LogP contribution in [0.4, 0.5) is 0 Å². The molecule has 2 N–H and O–H groups in total. The molecule has 28 heavy (non-hydrogen) atoms. The van der Waals surface area contributed by atoms with Crippen LogP contribution in [0.2, 0.25) is 10.0 Å². The van der Waals surface area contributed by atoms with E-state index in [-0.39, 0.29) is 0 Å². The number of halogens is 2. The number of hydrogen-bond acceptors (Lipinski definition) is 3. The van der Waals surface area contributed by atoms with Crippen molar-refractivity contribution in [2.75, 3.05) is 14.1 Å². The molecule has 7 heteroatoms. The number of aliphatic carboxylic acids is 2. The second-order valence-electron chi connectivity index (χ2n) is 6.58. The van der Waals surface area contributed by atoms with Crippen molar-refractivity contribution in [3.05, 3.63) is 81.4 Å². The van der Waals surface area contributed by atoms with Crippen LogP contribution in [0.5, 0.6) is 0 Å². The first-order chi connectivity index (χ1) is 13.2. The molecule has 0 fully saturated rings. The molecule has 2 aromatic rings. The van der Waals surface area contributed by atoms with E-state index < -0.39 is 11.9 Å². The topological polar surface area (TPSA) is 77.8 Å². The highest BCUT2D eigenvalue weighted by Crippen LogP contribution is 2.46. The molecule has 0 bridgehead atoms. The van der Waals surface area contributed by atoms with Crippen molar-refractivity contribution in [1.82, 2.24) is 4.90 Å². The number of carboxylic acids is 2. The van der Waals surface area contributed by atoms with Gasteiger partial charge >= 0.3 is 11.9 Å². The van der Waals surface area contributed by atoms with Gasteiger partial charge < -0.3 is 15.1 Å². The minimum Gasteiger partial charge on any atom is -0.478 e. The Balaban J connectivity index is 0.000000300. The Morgan fingerprint density at radius 3 is 2.04 bits per heavy atom. The summed E-state index contributed by atoms with van der Waals surface area (Å²) in [6, 6.07) is 15.1. The Kier molecular flexibility index (Phi) is 7.63. The molecule has 0 amide bonds. The fraction of sp³-hybridized carbons (Fsp3) is 0.238. The van der Waals surface area contributed by atoms with Crippen LogP contribution in [0.1, 0.15) is 35.1 Å². The molecule has 0 saturated carbocycles. The predicted octanol–water partition coefficient (Wildman–Crippen LogP) is 4.84. The molecule has 0 unspecified atom stereocenters. The summed E-state index contributed by atoms with van der Waals surface area (Å²) in [4.78, 5) is 21.4. The molecule has 0 aromatic heterocycles. The lowest BCUT2D eigenvalue weighted by Crippen LogP contribution is -2.17. The molecule has 1 aliphatic carbocycles. The van der Waals surface area contributed by atoms with Gasteiger partial charge in [0.2, 0.25) is 0 Å². The standard InChI is InChI=1S/C17H17Cl2N.C4H4O4/c1-20(2)17-10-14(12-5-3-4-6-13(12)17)11-7-8-15(18)16(19)9-11;5-3(6)1-2-4(7)8/h3-9,14,17H,10H2,1-2H3;1-2H,(H,5,6)(H,7,8)/b;2-1-/t14-,17+;/m0./s1. The molecular formula is C21H21Cl2NO4. The van der Waals surface area contributed by atoms with Gasteiger partial charge in [0.15, 0.2) is 0 Å². The number of carboxylic acid groups (broad SMARTS) is 2. The summed E-state index contributed by atoms with van der Waals surface area (Å²) in [5.41, 5.74) is 4.08. The average molecular weight is 422 g/mol. The van der Waals surface area contributed by atoms with Gasteiger partial charge in [-0.25, -0.2) is 9.59 Å². The Morgan fingerprint density at radius 1 is 0.964 bits per heavy atom. The number of hydrogen-bond donors (Lipinski definition) is 2. The number of fused-ring (bicyclic) bond motifs is 1. The third-order valence-corrected chi connectivity index (χ3v) is 5.27. The average Bonchev–Trinajstić information content (AvgIpc) is 3.03. The van der Waals surface area contributed by atoms with Gasteiger partial charge in [0.1, 0.15) is 0 Å². The van der Waals surface area contributed by atoms with Crippen LogP contribution in [0.25, 0.3) is 0 Å². The van der Waals surface area contributed by atoms with Crippen LogP contribution in [0, 0.1) is 0 Å². The summed E-state index contributed by atoms with van der Waals surface area (Å²) in [5.74, 6) is -2.12. The van der Waals surface area contributed by atoms with E-state index in [1.165, 1.54) is 16.7 Å². The molecule has 5 nitrogen and oxygen atoms in total. The smallest absolute Gasteiger partial charge is 0.328 e. The highest BCUT2D eigenvalue weighted by Gasteiger charge is 2.32. The lowest BCUT2D eigenvalue weighted by molar-refractivity contribution is -0.134. The molecule has 0 saturated heterocycles. The van der Waals surface area contributed by atoms with Gasteiger partial charge in [-0.1, -0.05) is 53.5 Å². The molecule has 0 aliphatic heterocycles. The second kappa shape index (κ2) is 9.73. The number of nitrogens with zero attached hydrogens (tertiary/aromatic N) is 1. The summed E-state index contributed by atoms with van der Waals surface area (Å²) < 4.78 is 0. The van der Waals surface area contributed by atoms with Crippen molar-refractivity contribution in [2.24, 2.45) is 0 Å². The van der Waals surface area contributed by atoms with Gasteiger partial charge in [-0.05, 0) is 49.3 Å². The van der Waals surface area contributed by atoms with Crippen molar-refractivity contribution in [2.45, 2.75) is 18.4 Å². The van der Waals surface area contributed by atoms with Gasteiger partial charge in [-0.3, -0.25) is 0 Å². The van der Waals surface area contributed by atoms with E-state index in [0.29, 0.717) is 34.2 Å². The van der Waals surface area contributed by atoms with Crippen molar-refractivity contribution in [3.8, 4) is 0 Å². The highest BCUT2D eigenvalue weighted by atomic mass is 35.5. The predicted molar refractivity (Wildman–Crippen MR) is 110 cm³/mol. The molecule has 2 atom stereocenters. The van der Waals surface area contributed by atoms with Crippen molar-refractivity contribution in [3.63, 3.8) is 0 Å². The fourth-order valence-corrected chi connectivity index (χ4v) is 3.59. The maximum atomic E-state index is 9.55. The molecule has 0 spiro atoms. The summed E-state index contributed by atoms with van der Waals surface area (Å²) in [6.07, 6.45) is 2.20. The van der Waals surface area contributed by atoms with E-state index in [1.807, 2.05) is 12.1 Å². The van der Waals surface area contributed by atoms with Crippen LogP contribution in [0.3, 0.4) is 0 Å². The summed E-state index contributed by atoms with van der Waals surface area (Å²) in [6.45, 7) is 0. The first-order valence-corrected chi connectivity index (χ1v) is 9.30. The van der Waals surface area contributed by atoms with Gasteiger partial charge in [0.25, 0.3) is 0 Å². The molecular weight excluding hydrogens is 401 g/mol. The molecule has 0 radical (unpaired) electrons. The number of rotatable bonds is 4. The monoisotopic (exact) mass is 421 g/mol. The van der Waals surface area contributed by atoms with Crippen molar-refractivity contribution < 1.29 is 19.8 Å². The minimum absolute atomic E-state index is 0.397. The van der Waals surface area contributed by atoms with Crippen LogP contribution in [0.15, 0.2) is 54.6 Å². The Hall–Kier alpha value is -2.34. The van der Waals surface area contributed by atoms with Gasteiger partial charge in [-0.2, -0.15) is 0 Å². The Morgan fingerprint density at radius 2 is 1.54 bits per heavy atom. The number of carbonyl (C=O) groups is 2. The molecule has 3 rings (SSSR count). The third-order valence-electron chi connectivity index (χ3n) is 4.53. The summed E-state index contributed by atoms with van der Waals surface area (Å²) in [7, 11) is 4.28. The van der Waals surface area contributed by atoms with Crippen molar-refractivity contribution >= 4 is 35.1 Å². The number of benzene rings is 2. The molecule has 0 heterocycles. The SMILES string of the molecule is CN(C)[C@@H]1C[C@@H](c2ccc(Cl)c(Cl)c2)c2ccccc21.O=C(O)/C=C\C(=O)O. The van der Waals surface area contributed by atoms with Gasteiger partial charge in [0, 0.05) is 24.1 Å². The first kappa shape index (κ1) is 22.0. The quantitative estimate of drug-likeness (QED) is 0.690. The normalized spacial score (nSPS) is 17.9. The largest absolute Gasteiger partial charge is 0.478 e.